The van der Waals surface area contributed by atoms with Gasteiger partial charge in [-0.2, -0.15) is 0 Å². The van der Waals surface area contributed by atoms with Gasteiger partial charge in [-0.1, -0.05) is 12.8 Å². The van der Waals surface area contributed by atoms with Gasteiger partial charge in [0.15, 0.2) is 0 Å². The summed E-state index contributed by atoms with van der Waals surface area (Å²) in [6.45, 7) is 4.50. The molecule has 0 bridgehead atoms. The number of piperidine rings is 3. The first-order valence-corrected chi connectivity index (χ1v) is 14.6. The molecule has 6 rings (SSSR count). The van der Waals surface area contributed by atoms with Crippen molar-refractivity contribution in [3.8, 4) is 11.5 Å². The zero-order valence-corrected chi connectivity index (χ0v) is 22.7. The molecule has 4 aliphatic heterocycles. The van der Waals surface area contributed by atoms with Crippen molar-refractivity contribution in [3.05, 3.63) is 53.6 Å². The lowest BCUT2D eigenvalue weighted by Crippen LogP contribution is -2.54. The number of rotatable bonds is 7. The molecule has 0 aliphatic carbocycles. The van der Waals surface area contributed by atoms with Gasteiger partial charge in [0, 0.05) is 25.2 Å². The number of hydrogen-bond acceptors (Lipinski definition) is 7. The minimum atomic E-state index is -0.985. The van der Waals surface area contributed by atoms with Crippen LogP contribution in [0, 0.1) is 11.8 Å². The Bertz CT molecular complexity index is 1300. The largest absolute Gasteiger partial charge is 0.457 e. The Balaban J connectivity index is 1.04. The van der Waals surface area contributed by atoms with Gasteiger partial charge in [0.05, 0.1) is 11.1 Å². The van der Waals surface area contributed by atoms with Crippen molar-refractivity contribution in [2.24, 2.45) is 11.8 Å². The van der Waals surface area contributed by atoms with Crippen LogP contribution in [0.15, 0.2) is 42.5 Å². The van der Waals surface area contributed by atoms with Gasteiger partial charge < -0.3 is 15.0 Å². The van der Waals surface area contributed by atoms with Crippen LogP contribution >= 0.6 is 0 Å². The van der Waals surface area contributed by atoms with Gasteiger partial charge in [0.25, 0.3) is 11.8 Å². The summed E-state index contributed by atoms with van der Waals surface area (Å²) in [7, 11) is 0. The summed E-state index contributed by atoms with van der Waals surface area (Å²) in [5.74, 6) is 0.715. The minimum absolute atomic E-state index is 0.0880. The number of imide groups is 2. The topological polar surface area (TPSA) is 108 Å². The van der Waals surface area contributed by atoms with Crippen molar-refractivity contribution >= 4 is 29.3 Å². The molecule has 4 aliphatic rings. The van der Waals surface area contributed by atoms with E-state index in [-0.39, 0.29) is 24.0 Å². The number of nitrogens with one attached hydrogen (secondary N) is 2. The molecule has 1 atom stereocenters. The lowest BCUT2D eigenvalue weighted by molar-refractivity contribution is -0.136. The third-order valence-corrected chi connectivity index (χ3v) is 8.91. The summed E-state index contributed by atoms with van der Waals surface area (Å²) in [4.78, 5) is 53.2. The van der Waals surface area contributed by atoms with Crippen LogP contribution in [0.3, 0.4) is 0 Å². The van der Waals surface area contributed by atoms with E-state index in [0.717, 1.165) is 29.8 Å². The van der Waals surface area contributed by atoms with Crippen LogP contribution in [0.4, 0.5) is 5.69 Å². The Kier molecular flexibility index (Phi) is 7.56. The zero-order valence-electron chi connectivity index (χ0n) is 22.7. The predicted molar refractivity (Wildman–Crippen MR) is 149 cm³/mol. The third kappa shape index (κ3) is 5.47. The number of benzene rings is 2. The Hall–Kier alpha value is -3.72. The number of amides is 4. The van der Waals surface area contributed by atoms with Crippen LogP contribution in [-0.4, -0.2) is 60.7 Å². The fourth-order valence-electron chi connectivity index (χ4n) is 6.50. The normalized spacial score (nSPS) is 22.4. The second-order valence-corrected chi connectivity index (χ2v) is 11.5. The highest BCUT2D eigenvalue weighted by molar-refractivity contribution is 6.23. The summed E-state index contributed by atoms with van der Waals surface area (Å²) in [5.41, 5.74) is 1.61. The van der Waals surface area contributed by atoms with Gasteiger partial charge >= 0.3 is 0 Å². The number of anilines is 1. The van der Waals surface area contributed by atoms with Crippen molar-refractivity contribution in [2.75, 3.05) is 31.1 Å². The predicted octanol–water partition coefficient (Wildman–Crippen LogP) is 3.88. The van der Waals surface area contributed by atoms with Gasteiger partial charge in [-0.15, -0.1) is 0 Å². The SMILES string of the molecule is O=C1CCC(N2C(=O)c3ccc(Oc4ccc(N5CCC(CCC6CCNCC6)CC5)cc4)cc3C2=O)C(=O)N1. The van der Waals surface area contributed by atoms with E-state index in [9.17, 15) is 19.2 Å². The molecule has 3 fully saturated rings. The maximum absolute atomic E-state index is 13.1. The van der Waals surface area contributed by atoms with Crippen LogP contribution in [-0.2, 0) is 9.59 Å². The highest BCUT2D eigenvalue weighted by Crippen LogP contribution is 2.33. The number of hydrogen-bond donors (Lipinski definition) is 2. The number of fused-ring (bicyclic) bond motifs is 1. The number of carbonyl (C=O) groups excluding carboxylic acids is 4. The molecule has 9 nitrogen and oxygen atoms in total. The van der Waals surface area contributed by atoms with E-state index < -0.39 is 29.7 Å². The van der Waals surface area contributed by atoms with Gasteiger partial charge in [-0.05, 0) is 99.5 Å². The van der Waals surface area contributed by atoms with Gasteiger partial charge in [-0.3, -0.25) is 29.4 Å². The molecule has 4 amide bonds. The Labute approximate surface area is 234 Å². The van der Waals surface area contributed by atoms with E-state index in [1.807, 2.05) is 12.1 Å². The monoisotopic (exact) mass is 544 g/mol. The molecule has 2 aromatic carbocycles. The molecule has 3 saturated heterocycles. The highest BCUT2D eigenvalue weighted by Gasteiger charge is 2.44. The number of ether oxygens (including phenoxy) is 1. The quantitative estimate of drug-likeness (QED) is 0.510. The van der Waals surface area contributed by atoms with E-state index in [2.05, 4.69) is 27.7 Å². The first-order chi connectivity index (χ1) is 19.5. The van der Waals surface area contributed by atoms with Crippen molar-refractivity contribution in [2.45, 2.75) is 57.4 Å². The lowest BCUT2D eigenvalue weighted by atomic mass is 9.85. The average molecular weight is 545 g/mol. The Morgan fingerprint density at radius 2 is 1.40 bits per heavy atom. The number of nitrogens with zero attached hydrogens (tertiary/aromatic N) is 2. The molecule has 2 aromatic rings. The van der Waals surface area contributed by atoms with Crippen LogP contribution in [0.2, 0.25) is 0 Å². The standard InChI is InChI=1S/C31H36N4O5/c36-28-10-9-27(29(37)33-28)35-30(38)25-8-7-24(19-26(25)31(35)39)40-23-5-3-22(4-6-23)34-17-13-21(14-18-34)2-1-20-11-15-32-16-12-20/h3-8,19-21,27,32H,1-2,9-18H2,(H,33,36,37). The van der Waals surface area contributed by atoms with Gasteiger partial charge in [-0.25, -0.2) is 0 Å². The Morgan fingerprint density at radius 1 is 0.750 bits per heavy atom. The first-order valence-electron chi connectivity index (χ1n) is 14.6. The highest BCUT2D eigenvalue weighted by atomic mass is 16.5. The minimum Gasteiger partial charge on any atom is -0.457 e. The smallest absolute Gasteiger partial charge is 0.262 e. The van der Waals surface area contributed by atoms with Gasteiger partial charge in [0.2, 0.25) is 11.8 Å². The fraction of sp³-hybridized carbons (Fsp3) is 0.484. The zero-order chi connectivity index (χ0) is 27.6. The van der Waals surface area contributed by atoms with Crippen LogP contribution in [0.5, 0.6) is 11.5 Å². The molecule has 0 aromatic heterocycles. The molecule has 0 saturated carbocycles. The maximum atomic E-state index is 13.1. The Morgan fingerprint density at radius 3 is 2.10 bits per heavy atom. The molecule has 0 radical (unpaired) electrons. The summed E-state index contributed by atoms with van der Waals surface area (Å²) in [5, 5.41) is 5.67. The third-order valence-electron chi connectivity index (χ3n) is 8.91. The molecule has 1 unspecified atom stereocenters. The first kappa shape index (κ1) is 26.5. The molecule has 40 heavy (non-hydrogen) atoms. The summed E-state index contributed by atoms with van der Waals surface area (Å²) in [6.07, 6.45) is 8.07. The summed E-state index contributed by atoms with van der Waals surface area (Å²) >= 11 is 0. The van der Waals surface area contributed by atoms with Crippen LogP contribution in [0.25, 0.3) is 0 Å². The summed E-state index contributed by atoms with van der Waals surface area (Å²) in [6, 6.07) is 11.8. The molecular formula is C31H36N4O5. The van der Waals surface area contributed by atoms with Crippen LogP contribution < -0.4 is 20.3 Å². The van der Waals surface area contributed by atoms with Crippen molar-refractivity contribution in [3.63, 3.8) is 0 Å². The van der Waals surface area contributed by atoms with Crippen molar-refractivity contribution in [1.82, 2.24) is 15.5 Å². The van der Waals surface area contributed by atoms with Gasteiger partial charge in [0.1, 0.15) is 17.5 Å². The van der Waals surface area contributed by atoms with E-state index in [1.165, 1.54) is 57.3 Å². The van der Waals surface area contributed by atoms with E-state index in [1.54, 1.807) is 18.2 Å². The molecule has 210 valence electrons. The van der Waals surface area contributed by atoms with Crippen molar-refractivity contribution < 1.29 is 23.9 Å². The van der Waals surface area contributed by atoms with E-state index >= 15 is 0 Å². The molecular weight excluding hydrogens is 508 g/mol. The fourth-order valence-corrected chi connectivity index (χ4v) is 6.50. The van der Waals surface area contributed by atoms with E-state index in [4.69, 9.17) is 4.74 Å². The van der Waals surface area contributed by atoms with Crippen molar-refractivity contribution in [1.29, 1.82) is 0 Å². The molecule has 4 heterocycles. The van der Waals surface area contributed by atoms with E-state index in [0.29, 0.717) is 11.5 Å². The lowest BCUT2D eigenvalue weighted by Gasteiger charge is -2.34. The average Bonchev–Trinajstić information content (AvgIpc) is 3.22. The van der Waals surface area contributed by atoms with Crippen LogP contribution in [0.1, 0.15) is 72.1 Å². The summed E-state index contributed by atoms with van der Waals surface area (Å²) < 4.78 is 6.02. The second kappa shape index (κ2) is 11.4. The molecule has 9 heteroatoms. The molecule has 2 N–H and O–H groups in total. The second-order valence-electron chi connectivity index (χ2n) is 11.5. The number of carbonyl (C=O) groups is 4. The molecule has 0 spiro atoms. The maximum Gasteiger partial charge on any atom is 0.262 e.